The fraction of sp³-hybridized carbons (Fsp3) is 0.423. The van der Waals surface area contributed by atoms with E-state index in [1.54, 1.807) is 6.26 Å². The third-order valence-corrected chi connectivity index (χ3v) is 7.63. The summed E-state index contributed by atoms with van der Waals surface area (Å²) in [5.74, 6) is 1.09. The lowest BCUT2D eigenvalue weighted by Gasteiger charge is -2.31. The van der Waals surface area contributed by atoms with E-state index in [1.807, 2.05) is 46.7 Å². The molecule has 2 amide bonds. The quantitative estimate of drug-likeness (QED) is 0.531. The molecule has 0 radical (unpaired) electrons. The third-order valence-electron chi connectivity index (χ3n) is 6.62. The smallest absolute Gasteiger partial charge is 0.275 e. The number of hydrogen-bond donors (Lipinski definition) is 1. The molecule has 0 atom stereocenters. The predicted molar refractivity (Wildman–Crippen MR) is 135 cm³/mol. The van der Waals surface area contributed by atoms with Gasteiger partial charge in [-0.25, -0.2) is 4.98 Å². The van der Waals surface area contributed by atoms with Crippen molar-refractivity contribution in [2.45, 2.75) is 31.6 Å². The molecule has 3 aromatic rings. The number of aromatic nitrogens is 1. The Morgan fingerprint density at radius 2 is 1.86 bits per heavy atom. The monoisotopic (exact) mass is 494 g/mol. The molecule has 9 heteroatoms. The Kier molecular flexibility index (Phi) is 7.44. The van der Waals surface area contributed by atoms with E-state index >= 15 is 0 Å². The van der Waals surface area contributed by atoms with Crippen molar-refractivity contribution in [2.24, 2.45) is 0 Å². The highest BCUT2D eigenvalue weighted by Gasteiger charge is 2.26. The van der Waals surface area contributed by atoms with Crippen LogP contribution in [0.15, 0.2) is 52.5 Å². The number of aryl methyl sites for hydroxylation is 1. The number of likely N-dealkylation sites (tertiary alicyclic amines) is 1. The van der Waals surface area contributed by atoms with Crippen molar-refractivity contribution in [2.75, 3.05) is 49.6 Å². The molecule has 35 heavy (non-hydrogen) atoms. The number of thiazole rings is 1. The Hall–Kier alpha value is -3.17. The van der Waals surface area contributed by atoms with Crippen LogP contribution >= 0.6 is 11.3 Å². The Labute approximate surface area is 208 Å². The van der Waals surface area contributed by atoms with Crippen LogP contribution in [-0.2, 0) is 16.0 Å². The van der Waals surface area contributed by atoms with E-state index in [2.05, 4.69) is 15.2 Å². The van der Waals surface area contributed by atoms with E-state index in [0.717, 1.165) is 61.2 Å². The van der Waals surface area contributed by atoms with Crippen LogP contribution in [0.25, 0.3) is 0 Å². The second-order valence-corrected chi connectivity index (χ2v) is 9.77. The molecule has 0 unspecified atom stereocenters. The van der Waals surface area contributed by atoms with Crippen molar-refractivity contribution in [3.63, 3.8) is 0 Å². The van der Waals surface area contributed by atoms with Crippen LogP contribution in [0.4, 0.5) is 11.4 Å². The van der Waals surface area contributed by atoms with Crippen molar-refractivity contribution >= 4 is 34.5 Å². The fourth-order valence-corrected chi connectivity index (χ4v) is 5.62. The maximum Gasteiger partial charge on any atom is 0.275 e. The van der Waals surface area contributed by atoms with Crippen molar-refractivity contribution in [1.82, 2.24) is 9.88 Å². The lowest BCUT2D eigenvalue weighted by Crippen LogP contribution is -2.38. The summed E-state index contributed by atoms with van der Waals surface area (Å²) in [5, 5.41) is 5.86. The lowest BCUT2D eigenvalue weighted by atomic mass is 9.97. The molecule has 4 heterocycles. The van der Waals surface area contributed by atoms with Gasteiger partial charge in [0, 0.05) is 50.3 Å². The number of anilines is 2. The molecule has 2 aliphatic heterocycles. The largest absolute Gasteiger partial charge is 0.469 e. The highest BCUT2D eigenvalue weighted by Crippen LogP contribution is 2.31. The summed E-state index contributed by atoms with van der Waals surface area (Å²) >= 11 is 1.53. The maximum absolute atomic E-state index is 13.0. The first-order valence-corrected chi connectivity index (χ1v) is 13.0. The van der Waals surface area contributed by atoms with E-state index in [9.17, 15) is 9.59 Å². The van der Waals surface area contributed by atoms with Gasteiger partial charge in [0.15, 0.2) is 0 Å². The first-order chi connectivity index (χ1) is 17.2. The number of nitrogens with one attached hydrogen (secondary N) is 1. The summed E-state index contributed by atoms with van der Waals surface area (Å²) in [6.45, 7) is 4.42. The Bertz CT molecular complexity index is 1130. The number of ether oxygens (including phenoxy) is 1. The summed E-state index contributed by atoms with van der Waals surface area (Å²) in [6, 6.07) is 11.6. The predicted octanol–water partition coefficient (Wildman–Crippen LogP) is 4.16. The Morgan fingerprint density at radius 3 is 2.63 bits per heavy atom. The van der Waals surface area contributed by atoms with Gasteiger partial charge in [-0.15, -0.1) is 11.3 Å². The zero-order chi connectivity index (χ0) is 24.0. The van der Waals surface area contributed by atoms with Gasteiger partial charge >= 0.3 is 0 Å². The molecule has 184 valence electrons. The number of para-hydroxylation sites is 2. The van der Waals surface area contributed by atoms with E-state index in [0.29, 0.717) is 31.7 Å². The van der Waals surface area contributed by atoms with Crippen LogP contribution < -0.4 is 10.2 Å². The highest BCUT2D eigenvalue weighted by atomic mass is 32.1. The number of carbonyl (C=O) groups excluding carboxylic acids is 2. The lowest BCUT2D eigenvalue weighted by molar-refractivity contribution is -0.132. The molecular weight excluding hydrogens is 464 g/mol. The summed E-state index contributed by atoms with van der Waals surface area (Å²) in [5.41, 5.74) is 2.23. The SMILES string of the molecule is O=C(Nc1ccccc1N1CCOCC1)c1csc(C2CCN(C(=O)CCc3ccco3)CC2)n1. The summed E-state index contributed by atoms with van der Waals surface area (Å²) in [7, 11) is 0. The molecular formula is C26H30N4O4S. The number of amides is 2. The number of morpholine rings is 1. The standard InChI is InChI=1S/C26H30N4O4S/c31-24(8-7-20-4-3-15-34-20)30-11-9-19(10-12-30)26-28-22(18-35-26)25(32)27-21-5-1-2-6-23(21)29-13-16-33-17-14-29/h1-6,15,18-19H,7-14,16-17H2,(H,27,32). The van der Waals surface area contributed by atoms with Gasteiger partial charge in [0.2, 0.25) is 5.91 Å². The molecule has 5 rings (SSSR count). The van der Waals surface area contributed by atoms with Gasteiger partial charge in [-0.2, -0.15) is 0 Å². The average molecular weight is 495 g/mol. The number of benzene rings is 1. The average Bonchev–Trinajstić information content (AvgIpc) is 3.61. The van der Waals surface area contributed by atoms with Crippen LogP contribution in [0.1, 0.15) is 46.4 Å². The van der Waals surface area contributed by atoms with Crippen LogP contribution in [0.5, 0.6) is 0 Å². The molecule has 1 N–H and O–H groups in total. The van der Waals surface area contributed by atoms with Crippen LogP contribution in [0.2, 0.25) is 0 Å². The van der Waals surface area contributed by atoms with Gasteiger partial charge in [-0.05, 0) is 37.1 Å². The van der Waals surface area contributed by atoms with Gasteiger partial charge in [0.1, 0.15) is 11.5 Å². The molecule has 2 aromatic heterocycles. The van der Waals surface area contributed by atoms with Gasteiger partial charge in [0.05, 0.1) is 35.9 Å². The number of rotatable bonds is 7. The van der Waals surface area contributed by atoms with E-state index in [1.165, 1.54) is 11.3 Å². The second kappa shape index (κ2) is 11.0. The molecule has 8 nitrogen and oxygen atoms in total. The molecule has 2 fully saturated rings. The number of nitrogens with zero attached hydrogens (tertiary/aromatic N) is 3. The Balaban J connectivity index is 1.15. The third kappa shape index (κ3) is 5.74. The minimum atomic E-state index is -0.196. The summed E-state index contributed by atoms with van der Waals surface area (Å²) in [6.07, 6.45) is 4.45. The molecule has 0 saturated carbocycles. The van der Waals surface area contributed by atoms with E-state index < -0.39 is 0 Å². The maximum atomic E-state index is 13.0. The van der Waals surface area contributed by atoms with Crippen molar-refractivity contribution in [1.29, 1.82) is 0 Å². The highest BCUT2D eigenvalue weighted by molar-refractivity contribution is 7.10. The van der Waals surface area contributed by atoms with Crippen molar-refractivity contribution < 1.29 is 18.7 Å². The minimum absolute atomic E-state index is 0.165. The van der Waals surface area contributed by atoms with Crippen molar-refractivity contribution in [3.8, 4) is 0 Å². The first-order valence-electron chi connectivity index (χ1n) is 12.2. The van der Waals surface area contributed by atoms with Gasteiger partial charge in [0.25, 0.3) is 5.91 Å². The van der Waals surface area contributed by atoms with Crippen LogP contribution in [-0.4, -0.2) is 61.1 Å². The number of hydrogen-bond acceptors (Lipinski definition) is 7. The Morgan fingerprint density at radius 1 is 1.06 bits per heavy atom. The van der Waals surface area contributed by atoms with Gasteiger partial charge < -0.3 is 24.3 Å². The normalized spacial score (nSPS) is 16.9. The zero-order valence-corrected chi connectivity index (χ0v) is 20.5. The molecule has 2 aliphatic rings. The first kappa shape index (κ1) is 23.6. The van der Waals surface area contributed by atoms with Gasteiger partial charge in [-0.1, -0.05) is 12.1 Å². The minimum Gasteiger partial charge on any atom is -0.469 e. The summed E-state index contributed by atoms with van der Waals surface area (Å²) < 4.78 is 10.8. The number of piperidine rings is 1. The topological polar surface area (TPSA) is 87.9 Å². The molecule has 1 aromatic carbocycles. The molecule has 0 aliphatic carbocycles. The van der Waals surface area contributed by atoms with Crippen LogP contribution in [0.3, 0.4) is 0 Å². The molecule has 0 bridgehead atoms. The van der Waals surface area contributed by atoms with E-state index in [-0.39, 0.29) is 17.7 Å². The number of furan rings is 1. The fourth-order valence-electron chi connectivity index (χ4n) is 4.64. The van der Waals surface area contributed by atoms with Gasteiger partial charge in [-0.3, -0.25) is 9.59 Å². The van der Waals surface area contributed by atoms with Crippen LogP contribution in [0, 0.1) is 0 Å². The number of carbonyl (C=O) groups is 2. The summed E-state index contributed by atoms with van der Waals surface area (Å²) in [4.78, 5) is 34.4. The van der Waals surface area contributed by atoms with Crippen molar-refractivity contribution in [3.05, 3.63) is 64.5 Å². The van der Waals surface area contributed by atoms with E-state index in [4.69, 9.17) is 9.15 Å². The molecule has 2 saturated heterocycles. The molecule has 0 spiro atoms. The second-order valence-electron chi connectivity index (χ2n) is 8.88. The zero-order valence-electron chi connectivity index (χ0n) is 19.7.